The van der Waals surface area contributed by atoms with Crippen LogP contribution in [0.5, 0.6) is 0 Å². The van der Waals surface area contributed by atoms with E-state index in [1.807, 2.05) is 0 Å². The molecule has 0 saturated carbocycles. The van der Waals surface area contributed by atoms with Gasteiger partial charge in [0.2, 0.25) is 10.0 Å². The number of hydrogen-bond donors (Lipinski definition) is 1. The Kier molecular flexibility index (Phi) is 3.90. The lowest BCUT2D eigenvalue weighted by Gasteiger charge is -2.37. The Morgan fingerprint density at radius 1 is 1.33 bits per heavy atom. The van der Waals surface area contributed by atoms with Crippen molar-refractivity contribution in [2.24, 2.45) is 0 Å². The molecule has 2 rings (SSSR count). The Bertz CT molecular complexity index is 414. The van der Waals surface area contributed by atoms with Crippen molar-refractivity contribution in [2.75, 3.05) is 32.1 Å². The van der Waals surface area contributed by atoms with Crippen molar-refractivity contribution in [1.82, 2.24) is 4.31 Å². The number of nitrogens with zero attached hydrogens (tertiary/aromatic N) is 1. The monoisotopic (exact) mass is 279 g/mol. The van der Waals surface area contributed by atoms with Gasteiger partial charge in [0.1, 0.15) is 0 Å². The van der Waals surface area contributed by atoms with Gasteiger partial charge < -0.3 is 14.6 Å². The molecule has 0 aromatic heterocycles. The summed E-state index contributed by atoms with van der Waals surface area (Å²) < 4.78 is 36.2. The zero-order valence-corrected chi connectivity index (χ0v) is 10.8. The van der Waals surface area contributed by atoms with Crippen molar-refractivity contribution in [3.63, 3.8) is 0 Å². The molecule has 8 heteroatoms. The fourth-order valence-electron chi connectivity index (χ4n) is 2.27. The number of rotatable bonds is 4. The molecule has 2 aliphatic rings. The van der Waals surface area contributed by atoms with E-state index in [0.717, 1.165) is 0 Å². The second kappa shape index (κ2) is 5.12. The number of carboxylic acids is 1. The van der Waals surface area contributed by atoms with E-state index in [9.17, 15) is 13.2 Å². The van der Waals surface area contributed by atoms with Crippen molar-refractivity contribution in [2.45, 2.75) is 25.0 Å². The summed E-state index contributed by atoms with van der Waals surface area (Å²) in [5, 5.41) is 8.55. The quantitative estimate of drug-likeness (QED) is 0.754. The molecule has 2 fully saturated rings. The summed E-state index contributed by atoms with van der Waals surface area (Å²) in [4.78, 5) is 10.4. The van der Waals surface area contributed by atoms with Crippen LogP contribution in [-0.2, 0) is 24.3 Å². The van der Waals surface area contributed by atoms with Crippen LogP contribution in [0.1, 0.15) is 19.3 Å². The minimum Gasteiger partial charge on any atom is -0.481 e. The van der Waals surface area contributed by atoms with Crippen LogP contribution in [0.4, 0.5) is 0 Å². The molecule has 0 radical (unpaired) electrons. The molecular formula is C10H17NO6S. The van der Waals surface area contributed by atoms with Crippen molar-refractivity contribution in [1.29, 1.82) is 0 Å². The predicted molar refractivity (Wildman–Crippen MR) is 61.5 cm³/mol. The number of aliphatic carboxylic acids is 1. The van der Waals surface area contributed by atoms with Crippen molar-refractivity contribution in [3.05, 3.63) is 0 Å². The Morgan fingerprint density at radius 2 is 2.00 bits per heavy atom. The number of piperidine rings is 1. The molecule has 2 aliphatic heterocycles. The van der Waals surface area contributed by atoms with Gasteiger partial charge in [0.05, 0.1) is 31.9 Å². The molecule has 1 spiro atoms. The lowest BCUT2D eigenvalue weighted by Crippen LogP contribution is -2.51. The average Bonchev–Trinajstić information content (AvgIpc) is 2.75. The molecule has 0 unspecified atom stereocenters. The summed E-state index contributed by atoms with van der Waals surface area (Å²) in [6, 6.07) is 0. The van der Waals surface area contributed by atoms with E-state index in [1.54, 1.807) is 0 Å². The van der Waals surface area contributed by atoms with E-state index in [1.165, 1.54) is 4.31 Å². The third kappa shape index (κ3) is 3.00. The molecule has 1 N–H and O–H groups in total. The van der Waals surface area contributed by atoms with Gasteiger partial charge in [0, 0.05) is 13.0 Å². The van der Waals surface area contributed by atoms with E-state index in [2.05, 4.69) is 0 Å². The highest BCUT2D eigenvalue weighted by Crippen LogP contribution is 2.31. The maximum atomic E-state index is 12.0. The number of hydrogen-bond acceptors (Lipinski definition) is 5. The number of ether oxygens (including phenoxy) is 2. The molecule has 0 amide bonds. The zero-order valence-electron chi connectivity index (χ0n) is 10.0. The van der Waals surface area contributed by atoms with E-state index < -0.39 is 21.8 Å². The number of carboxylic acid groups (broad SMARTS) is 1. The third-order valence-electron chi connectivity index (χ3n) is 3.16. The maximum Gasteiger partial charge on any atom is 0.304 e. The van der Waals surface area contributed by atoms with Crippen LogP contribution in [0.25, 0.3) is 0 Å². The first kappa shape index (κ1) is 13.7. The Labute approximate surface area is 106 Å². The Morgan fingerprint density at radius 3 is 2.61 bits per heavy atom. The van der Waals surface area contributed by atoms with Crippen LogP contribution in [0.2, 0.25) is 0 Å². The smallest absolute Gasteiger partial charge is 0.304 e. The molecule has 104 valence electrons. The Hall–Kier alpha value is -0.700. The van der Waals surface area contributed by atoms with E-state index in [-0.39, 0.29) is 18.7 Å². The summed E-state index contributed by atoms with van der Waals surface area (Å²) in [5.74, 6) is -2.30. The first-order valence-corrected chi connectivity index (χ1v) is 7.52. The van der Waals surface area contributed by atoms with Gasteiger partial charge in [-0.05, 0) is 6.42 Å². The molecule has 0 bridgehead atoms. The third-order valence-corrected chi connectivity index (χ3v) is 4.98. The van der Waals surface area contributed by atoms with Gasteiger partial charge in [0.15, 0.2) is 5.79 Å². The molecule has 0 atom stereocenters. The molecule has 18 heavy (non-hydrogen) atoms. The predicted octanol–water partition coefficient (Wildman–Crippen LogP) is -0.370. The van der Waals surface area contributed by atoms with Crippen molar-refractivity contribution >= 4 is 16.0 Å². The van der Waals surface area contributed by atoms with E-state index >= 15 is 0 Å². The highest BCUT2D eigenvalue weighted by molar-refractivity contribution is 7.89. The average molecular weight is 279 g/mol. The lowest BCUT2D eigenvalue weighted by atomic mass is 10.1. The fraction of sp³-hybridized carbons (Fsp3) is 0.900. The van der Waals surface area contributed by atoms with E-state index in [0.29, 0.717) is 32.6 Å². The van der Waals surface area contributed by atoms with Crippen LogP contribution < -0.4 is 0 Å². The van der Waals surface area contributed by atoms with Crippen LogP contribution >= 0.6 is 0 Å². The second-order valence-corrected chi connectivity index (χ2v) is 6.59. The number of sulfonamides is 1. The summed E-state index contributed by atoms with van der Waals surface area (Å²) in [5.41, 5.74) is 0. The fourth-order valence-corrected chi connectivity index (χ4v) is 3.76. The summed E-state index contributed by atoms with van der Waals surface area (Å²) in [6.07, 6.45) is 0.956. The summed E-state index contributed by atoms with van der Waals surface area (Å²) >= 11 is 0. The largest absolute Gasteiger partial charge is 0.481 e. The first-order chi connectivity index (χ1) is 8.44. The Balaban J connectivity index is 2.01. The van der Waals surface area contributed by atoms with Gasteiger partial charge in [-0.3, -0.25) is 4.79 Å². The molecule has 0 aliphatic carbocycles. The lowest BCUT2D eigenvalue weighted by molar-refractivity contribution is -0.179. The molecule has 2 heterocycles. The van der Waals surface area contributed by atoms with Crippen LogP contribution in [0, 0.1) is 0 Å². The molecule has 0 aromatic rings. The molecular weight excluding hydrogens is 262 g/mol. The van der Waals surface area contributed by atoms with Gasteiger partial charge in [0.25, 0.3) is 0 Å². The summed E-state index contributed by atoms with van der Waals surface area (Å²) in [6.45, 7) is 1.51. The van der Waals surface area contributed by atoms with Crippen molar-refractivity contribution in [3.8, 4) is 0 Å². The normalized spacial score (nSPS) is 24.4. The molecule has 7 nitrogen and oxygen atoms in total. The molecule has 2 saturated heterocycles. The van der Waals surface area contributed by atoms with Crippen molar-refractivity contribution < 1.29 is 27.8 Å². The van der Waals surface area contributed by atoms with Crippen LogP contribution in [-0.4, -0.2) is 61.6 Å². The van der Waals surface area contributed by atoms with Gasteiger partial charge in [-0.1, -0.05) is 0 Å². The van der Waals surface area contributed by atoms with Gasteiger partial charge >= 0.3 is 5.97 Å². The van der Waals surface area contributed by atoms with Crippen LogP contribution in [0.3, 0.4) is 0 Å². The van der Waals surface area contributed by atoms with Gasteiger partial charge in [-0.15, -0.1) is 0 Å². The highest BCUT2D eigenvalue weighted by Gasteiger charge is 2.43. The maximum absolute atomic E-state index is 12.0. The first-order valence-electron chi connectivity index (χ1n) is 5.91. The van der Waals surface area contributed by atoms with Crippen LogP contribution in [0.15, 0.2) is 0 Å². The number of carbonyl (C=O) groups is 1. The van der Waals surface area contributed by atoms with Gasteiger partial charge in [-0.25, -0.2) is 8.42 Å². The van der Waals surface area contributed by atoms with E-state index in [4.69, 9.17) is 14.6 Å². The second-order valence-electron chi connectivity index (χ2n) is 4.50. The minimum atomic E-state index is -3.55. The standard InChI is InChI=1S/C10H17NO6S/c12-9(13)2-7-18(14,15)11-4-1-3-10(8-11)16-5-6-17-10/h1-8H2,(H,12,13). The molecule has 0 aromatic carbocycles. The minimum absolute atomic E-state index is 0.162. The zero-order chi connectivity index (χ0) is 13.2. The van der Waals surface area contributed by atoms with Gasteiger partial charge in [-0.2, -0.15) is 4.31 Å². The SMILES string of the molecule is O=C(O)CCS(=O)(=O)N1CCCC2(C1)OCCO2. The topological polar surface area (TPSA) is 93.1 Å². The summed E-state index contributed by atoms with van der Waals surface area (Å²) in [7, 11) is -3.55. The highest BCUT2D eigenvalue weighted by atomic mass is 32.2.